The van der Waals surface area contributed by atoms with Gasteiger partial charge in [-0.25, -0.2) is 8.78 Å². The third kappa shape index (κ3) is 3.41. The van der Waals surface area contributed by atoms with E-state index in [0.717, 1.165) is 38.5 Å². The minimum absolute atomic E-state index is 0.0123. The summed E-state index contributed by atoms with van der Waals surface area (Å²) in [4.78, 5) is 14.7. The molecule has 2 heterocycles. The van der Waals surface area contributed by atoms with E-state index < -0.39 is 11.6 Å². The minimum atomic E-state index is -0.848. The van der Waals surface area contributed by atoms with Crippen molar-refractivity contribution in [1.29, 1.82) is 0 Å². The Morgan fingerprint density at radius 1 is 1.28 bits per heavy atom. The molecule has 1 saturated carbocycles. The molecule has 25 heavy (non-hydrogen) atoms. The molecule has 2 aliphatic rings. The molecule has 5 nitrogen and oxygen atoms in total. The van der Waals surface area contributed by atoms with Crippen LogP contribution in [0.2, 0.25) is 0 Å². The largest absolute Gasteiger partial charge is 0.342 e. The summed E-state index contributed by atoms with van der Waals surface area (Å²) in [5, 5.41) is 7.80. The Morgan fingerprint density at radius 3 is 2.92 bits per heavy atom. The summed E-state index contributed by atoms with van der Waals surface area (Å²) < 4.78 is 28.3. The van der Waals surface area contributed by atoms with Gasteiger partial charge in [0.25, 0.3) is 0 Å². The van der Waals surface area contributed by atoms with Crippen LogP contribution in [0.1, 0.15) is 30.7 Å². The van der Waals surface area contributed by atoms with Crippen LogP contribution in [0.4, 0.5) is 8.78 Å². The lowest BCUT2D eigenvalue weighted by atomic mass is 9.97. The van der Waals surface area contributed by atoms with Crippen molar-refractivity contribution in [2.75, 3.05) is 13.1 Å². The van der Waals surface area contributed by atoms with E-state index in [1.165, 1.54) is 6.07 Å². The maximum atomic E-state index is 13.4. The van der Waals surface area contributed by atoms with Gasteiger partial charge in [0, 0.05) is 31.7 Å². The lowest BCUT2D eigenvalue weighted by Gasteiger charge is -2.33. The first-order valence-corrected chi connectivity index (χ1v) is 8.69. The highest BCUT2D eigenvalue weighted by Crippen LogP contribution is 2.49. The van der Waals surface area contributed by atoms with Gasteiger partial charge in [0.2, 0.25) is 5.91 Å². The van der Waals surface area contributed by atoms with E-state index in [1.807, 2.05) is 11.1 Å². The van der Waals surface area contributed by atoms with Crippen LogP contribution < -0.4 is 0 Å². The Bertz CT molecular complexity index is 764. The first-order valence-electron chi connectivity index (χ1n) is 8.69. The van der Waals surface area contributed by atoms with Crippen LogP contribution >= 0.6 is 0 Å². The fourth-order valence-electron chi connectivity index (χ4n) is 3.82. The van der Waals surface area contributed by atoms with Gasteiger partial charge in [-0.1, -0.05) is 11.3 Å². The second kappa shape index (κ2) is 6.54. The van der Waals surface area contributed by atoms with E-state index in [-0.39, 0.29) is 17.7 Å². The zero-order valence-corrected chi connectivity index (χ0v) is 13.8. The third-order valence-corrected chi connectivity index (χ3v) is 5.23. The maximum Gasteiger partial charge on any atom is 0.226 e. The topological polar surface area (TPSA) is 51.0 Å². The first kappa shape index (κ1) is 16.2. The van der Waals surface area contributed by atoms with Gasteiger partial charge in [0.05, 0.1) is 6.20 Å². The Balaban J connectivity index is 1.37. The minimum Gasteiger partial charge on any atom is -0.342 e. The van der Waals surface area contributed by atoms with Crippen molar-refractivity contribution >= 4 is 5.91 Å². The van der Waals surface area contributed by atoms with Crippen LogP contribution in [0, 0.1) is 23.5 Å². The zero-order chi connectivity index (χ0) is 17.4. The summed E-state index contributed by atoms with van der Waals surface area (Å²) in [6.45, 7) is 2.26. The summed E-state index contributed by atoms with van der Waals surface area (Å²) in [6, 6.07) is 3.94. The number of halogens is 2. The molecule has 2 aromatic rings. The van der Waals surface area contributed by atoms with Gasteiger partial charge in [-0.3, -0.25) is 9.48 Å². The molecule has 1 aromatic carbocycles. The van der Waals surface area contributed by atoms with E-state index in [0.29, 0.717) is 17.9 Å². The molecule has 1 aliphatic carbocycles. The van der Waals surface area contributed by atoms with E-state index in [2.05, 4.69) is 10.3 Å². The predicted octanol–water partition coefficient (Wildman–Crippen LogP) is 2.60. The van der Waals surface area contributed by atoms with Crippen molar-refractivity contribution in [1.82, 2.24) is 19.9 Å². The highest BCUT2D eigenvalue weighted by molar-refractivity contribution is 5.83. The molecule has 4 rings (SSSR count). The molecule has 132 valence electrons. The second-order valence-corrected chi connectivity index (χ2v) is 7.04. The molecule has 2 fully saturated rings. The number of carbonyl (C=O) groups excluding carboxylic acids is 1. The van der Waals surface area contributed by atoms with Crippen molar-refractivity contribution in [3.8, 4) is 0 Å². The fraction of sp³-hybridized carbons (Fsp3) is 0.500. The second-order valence-electron chi connectivity index (χ2n) is 7.04. The van der Waals surface area contributed by atoms with Crippen molar-refractivity contribution in [3.63, 3.8) is 0 Å². The number of carbonyl (C=O) groups is 1. The normalized spacial score (nSPS) is 25.8. The number of rotatable bonds is 4. The fourth-order valence-corrected chi connectivity index (χ4v) is 3.82. The van der Waals surface area contributed by atoms with E-state index >= 15 is 0 Å². The lowest BCUT2D eigenvalue weighted by Crippen LogP contribution is -2.42. The number of amides is 1. The summed E-state index contributed by atoms with van der Waals surface area (Å²) in [7, 11) is 0. The van der Waals surface area contributed by atoms with Gasteiger partial charge >= 0.3 is 0 Å². The van der Waals surface area contributed by atoms with Crippen LogP contribution in [-0.4, -0.2) is 38.9 Å². The van der Waals surface area contributed by atoms with Gasteiger partial charge in [0.1, 0.15) is 0 Å². The summed E-state index contributed by atoms with van der Waals surface area (Å²) >= 11 is 0. The number of likely N-dealkylation sites (tertiary alicyclic amines) is 1. The number of nitrogens with zero attached hydrogens (tertiary/aromatic N) is 4. The molecule has 0 spiro atoms. The molecule has 0 bridgehead atoms. The van der Waals surface area contributed by atoms with E-state index in [1.54, 1.807) is 16.9 Å². The van der Waals surface area contributed by atoms with Crippen LogP contribution in [0.5, 0.6) is 0 Å². The van der Waals surface area contributed by atoms with Crippen molar-refractivity contribution < 1.29 is 13.6 Å². The van der Waals surface area contributed by atoms with Crippen molar-refractivity contribution in [2.24, 2.45) is 11.8 Å². The number of hydrogen-bond acceptors (Lipinski definition) is 3. The Morgan fingerprint density at radius 2 is 2.16 bits per heavy atom. The van der Waals surface area contributed by atoms with Crippen LogP contribution in [0.15, 0.2) is 30.6 Å². The molecular formula is C18H20F2N4O. The average Bonchev–Trinajstić information content (AvgIpc) is 3.26. The number of piperidine rings is 1. The Hall–Kier alpha value is -2.31. The third-order valence-electron chi connectivity index (χ3n) is 5.23. The van der Waals surface area contributed by atoms with Gasteiger partial charge in [-0.2, -0.15) is 0 Å². The Labute approximate surface area is 144 Å². The first-order chi connectivity index (χ1) is 12.1. The van der Waals surface area contributed by atoms with Crippen LogP contribution in [0.25, 0.3) is 0 Å². The molecule has 1 saturated heterocycles. The summed E-state index contributed by atoms with van der Waals surface area (Å²) in [6.07, 6.45) is 6.26. The van der Waals surface area contributed by atoms with Gasteiger partial charge in [0.15, 0.2) is 11.6 Å². The maximum absolute atomic E-state index is 13.4. The van der Waals surface area contributed by atoms with Crippen molar-refractivity contribution in [3.05, 3.63) is 47.8 Å². The molecular weight excluding hydrogens is 326 g/mol. The Kier molecular flexibility index (Phi) is 4.23. The summed E-state index contributed by atoms with van der Waals surface area (Å²) in [5.41, 5.74) is 0.716. The van der Waals surface area contributed by atoms with Crippen LogP contribution in [0.3, 0.4) is 0 Å². The average molecular weight is 346 g/mol. The highest BCUT2D eigenvalue weighted by atomic mass is 19.2. The molecule has 0 radical (unpaired) electrons. The number of hydrogen-bond donors (Lipinski definition) is 0. The monoisotopic (exact) mass is 346 g/mol. The molecule has 1 amide bonds. The number of benzene rings is 1. The van der Waals surface area contributed by atoms with Gasteiger partial charge < -0.3 is 4.90 Å². The van der Waals surface area contributed by atoms with Crippen molar-refractivity contribution in [2.45, 2.75) is 31.7 Å². The standard InChI is InChI=1S/C18H20F2N4O/c19-16-4-3-13(8-17(16)20)14-9-15(14)18(25)23-6-1-2-12(10-23)11-24-7-5-21-22-24/h3-5,7-8,12,14-15H,1-2,6,9-11H2. The molecule has 3 unspecified atom stereocenters. The van der Waals surface area contributed by atoms with Crippen LogP contribution in [-0.2, 0) is 11.3 Å². The number of aromatic nitrogens is 3. The van der Waals surface area contributed by atoms with Gasteiger partial charge in [-0.15, -0.1) is 5.10 Å². The molecule has 1 aromatic heterocycles. The predicted molar refractivity (Wildman–Crippen MR) is 86.5 cm³/mol. The summed E-state index contributed by atoms with van der Waals surface area (Å²) in [5.74, 6) is -1.27. The molecule has 1 aliphatic heterocycles. The molecule has 0 N–H and O–H groups in total. The SMILES string of the molecule is O=C(C1CC1c1ccc(F)c(F)c1)N1CCCC(Cn2ccnn2)C1. The highest BCUT2D eigenvalue weighted by Gasteiger charge is 2.46. The lowest BCUT2D eigenvalue weighted by molar-refractivity contribution is -0.134. The molecule has 7 heteroatoms. The smallest absolute Gasteiger partial charge is 0.226 e. The zero-order valence-electron chi connectivity index (χ0n) is 13.8. The van der Waals surface area contributed by atoms with Gasteiger partial charge in [-0.05, 0) is 48.8 Å². The quantitative estimate of drug-likeness (QED) is 0.855. The molecule has 3 atom stereocenters. The van der Waals surface area contributed by atoms with E-state index in [9.17, 15) is 13.6 Å². The van der Waals surface area contributed by atoms with E-state index in [4.69, 9.17) is 0 Å².